The number of ether oxygens (including phenoxy) is 1. The molecule has 174 valence electrons. The quantitative estimate of drug-likeness (QED) is 0.324. The SMILES string of the molecule is O=C(COc1ccc(Cl)cc1)Nc1cc(-c2cccs2)nn1-c1nc(-c2ccccc2)cc(=O)[nH]1. The second kappa shape index (κ2) is 9.96. The second-order valence-electron chi connectivity index (χ2n) is 7.41. The number of H-pyrrole nitrogens is 1. The minimum Gasteiger partial charge on any atom is -0.484 e. The molecule has 0 saturated heterocycles. The number of aromatic nitrogens is 4. The van der Waals surface area contributed by atoms with E-state index >= 15 is 0 Å². The number of anilines is 1. The third-order valence-corrected chi connectivity index (χ3v) is 6.08. The highest BCUT2D eigenvalue weighted by Crippen LogP contribution is 2.27. The number of nitrogens with one attached hydrogen (secondary N) is 2. The Morgan fingerprint density at radius 3 is 2.57 bits per heavy atom. The highest BCUT2D eigenvalue weighted by Gasteiger charge is 2.17. The van der Waals surface area contributed by atoms with Crippen LogP contribution in [-0.2, 0) is 4.79 Å². The Bertz CT molecular complexity index is 1510. The van der Waals surface area contributed by atoms with Crippen molar-refractivity contribution in [3.05, 3.63) is 99.6 Å². The van der Waals surface area contributed by atoms with E-state index in [9.17, 15) is 9.59 Å². The summed E-state index contributed by atoms with van der Waals surface area (Å²) in [5.74, 6) is 0.624. The molecule has 2 N–H and O–H groups in total. The standard InChI is InChI=1S/C25H18ClN5O3S/c26-17-8-10-18(11-9-17)34-15-24(33)28-22-13-20(21-7-4-12-35-21)30-31(22)25-27-19(14-23(32)29-25)16-5-2-1-3-6-16/h1-14H,15H2,(H,28,33)(H,27,29,32). The number of aromatic amines is 1. The topological polar surface area (TPSA) is 102 Å². The average molecular weight is 504 g/mol. The number of hydrogen-bond acceptors (Lipinski definition) is 6. The Hall–Kier alpha value is -4.21. The minimum atomic E-state index is -0.402. The minimum absolute atomic E-state index is 0.174. The van der Waals surface area contributed by atoms with Crippen molar-refractivity contribution in [2.75, 3.05) is 11.9 Å². The summed E-state index contributed by atoms with van der Waals surface area (Å²) in [4.78, 5) is 33.4. The van der Waals surface area contributed by atoms with Crippen LogP contribution in [0.2, 0.25) is 5.02 Å². The summed E-state index contributed by atoms with van der Waals surface area (Å²) in [6.07, 6.45) is 0. The lowest BCUT2D eigenvalue weighted by atomic mass is 10.1. The molecule has 10 heteroatoms. The highest BCUT2D eigenvalue weighted by atomic mass is 35.5. The van der Waals surface area contributed by atoms with Gasteiger partial charge in [0, 0.05) is 22.7 Å². The van der Waals surface area contributed by atoms with Crippen LogP contribution in [-0.4, -0.2) is 32.3 Å². The zero-order chi connectivity index (χ0) is 24.2. The maximum atomic E-state index is 12.7. The molecule has 3 aromatic heterocycles. The Morgan fingerprint density at radius 2 is 1.83 bits per heavy atom. The first-order valence-corrected chi connectivity index (χ1v) is 11.8. The Kier molecular flexibility index (Phi) is 6.42. The summed E-state index contributed by atoms with van der Waals surface area (Å²) in [6, 6.07) is 23.0. The first-order valence-electron chi connectivity index (χ1n) is 10.5. The number of amides is 1. The molecule has 0 bridgehead atoms. The fourth-order valence-corrected chi connectivity index (χ4v) is 4.14. The largest absolute Gasteiger partial charge is 0.484 e. The number of thiophene rings is 1. The van der Waals surface area contributed by atoms with Crippen LogP contribution in [0.1, 0.15) is 0 Å². The number of halogens is 1. The number of nitrogens with zero attached hydrogens (tertiary/aromatic N) is 3. The van der Waals surface area contributed by atoms with Crippen molar-refractivity contribution in [1.82, 2.24) is 19.7 Å². The van der Waals surface area contributed by atoms with Gasteiger partial charge in [-0.25, -0.2) is 4.98 Å². The van der Waals surface area contributed by atoms with Gasteiger partial charge in [-0.15, -0.1) is 11.3 Å². The molecular formula is C25H18ClN5O3S. The van der Waals surface area contributed by atoms with Gasteiger partial charge in [0.1, 0.15) is 17.3 Å². The van der Waals surface area contributed by atoms with Crippen molar-refractivity contribution in [3.8, 4) is 33.5 Å². The molecule has 0 saturated carbocycles. The van der Waals surface area contributed by atoms with Gasteiger partial charge in [-0.3, -0.25) is 14.6 Å². The van der Waals surface area contributed by atoms with Gasteiger partial charge in [-0.05, 0) is 35.7 Å². The van der Waals surface area contributed by atoms with Crippen molar-refractivity contribution in [2.45, 2.75) is 0 Å². The van der Waals surface area contributed by atoms with Gasteiger partial charge in [-0.1, -0.05) is 48.0 Å². The van der Waals surface area contributed by atoms with E-state index in [0.717, 1.165) is 10.4 Å². The van der Waals surface area contributed by atoms with Gasteiger partial charge in [0.15, 0.2) is 6.61 Å². The zero-order valence-electron chi connectivity index (χ0n) is 18.1. The van der Waals surface area contributed by atoms with Crippen LogP contribution >= 0.6 is 22.9 Å². The van der Waals surface area contributed by atoms with Gasteiger partial charge in [0.05, 0.1) is 10.6 Å². The summed E-state index contributed by atoms with van der Waals surface area (Å²) in [7, 11) is 0. The predicted octanol–water partition coefficient (Wildman–Crippen LogP) is 5.02. The summed E-state index contributed by atoms with van der Waals surface area (Å²) in [5.41, 5.74) is 1.56. The number of hydrogen-bond donors (Lipinski definition) is 2. The van der Waals surface area contributed by atoms with Crippen molar-refractivity contribution in [1.29, 1.82) is 0 Å². The van der Waals surface area contributed by atoms with Crippen LogP contribution in [0.4, 0.5) is 5.82 Å². The maximum absolute atomic E-state index is 12.7. The molecule has 5 aromatic rings. The average Bonchev–Trinajstić information content (AvgIpc) is 3.54. The van der Waals surface area contributed by atoms with Crippen LogP contribution in [0, 0.1) is 0 Å². The van der Waals surface area contributed by atoms with Crippen LogP contribution in [0.25, 0.3) is 27.8 Å². The van der Waals surface area contributed by atoms with E-state index in [-0.39, 0.29) is 18.1 Å². The third-order valence-electron chi connectivity index (χ3n) is 4.93. The fourth-order valence-electron chi connectivity index (χ4n) is 3.34. The molecule has 0 unspecified atom stereocenters. The number of benzene rings is 2. The van der Waals surface area contributed by atoms with Crippen molar-refractivity contribution in [3.63, 3.8) is 0 Å². The number of carbonyl (C=O) groups excluding carboxylic acids is 1. The van der Waals surface area contributed by atoms with Gasteiger partial charge >= 0.3 is 0 Å². The Morgan fingerprint density at radius 1 is 1.03 bits per heavy atom. The third kappa shape index (κ3) is 5.32. The molecule has 0 aliphatic carbocycles. The van der Waals surface area contributed by atoms with Crippen LogP contribution < -0.4 is 15.6 Å². The van der Waals surface area contributed by atoms with Gasteiger partial charge in [-0.2, -0.15) is 9.78 Å². The second-order valence-corrected chi connectivity index (χ2v) is 8.80. The lowest BCUT2D eigenvalue weighted by Gasteiger charge is -2.10. The molecule has 1 amide bonds. The van der Waals surface area contributed by atoms with Crippen LogP contribution in [0.15, 0.2) is 89.0 Å². The first-order chi connectivity index (χ1) is 17.0. The van der Waals surface area contributed by atoms with Crippen molar-refractivity contribution >= 4 is 34.7 Å². The van der Waals surface area contributed by atoms with Gasteiger partial charge in [0.25, 0.3) is 11.5 Å². The van der Waals surface area contributed by atoms with Gasteiger partial charge in [0.2, 0.25) is 5.95 Å². The van der Waals surface area contributed by atoms with Crippen molar-refractivity contribution < 1.29 is 9.53 Å². The van der Waals surface area contributed by atoms with E-state index in [1.54, 1.807) is 30.3 Å². The van der Waals surface area contributed by atoms with Crippen LogP contribution in [0.3, 0.4) is 0 Å². The summed E-state index contributed by atoms with van der Waals surface area (Å²) in [6.45, 7) is -0.227. The molecule has 2 aromatic carbocycles. The molecule has 0 aliphatic rings. The monoisotopic (exact) mass is 503 g/mol. The molecular weight excluding hydrogens is 486 g/mol. The smallest absolute Gasteiger partial charge is 0.263 e. The van der Waals surface area contributed by atoms with E-state index in [4.69, 9.17) is 16.3 Å². The summed E-state index contributed by atoms with van der Waals surface area (Å²) in [5, 5.41) is 9.92. The summed E-state index contributed by atoms with van der Waals surface area (Å²) < 4.78 is 6.95. The first kappa shape index (κ1) is 22.6. The van der Waals surface area contributed by atoms with E-state index < -0.39 is 5.91 Å². The fraction of sp³-hybridized carbons (Fsp3) is 0.0400. The predicted molar refractivity (Wildman–Crippen MR) is 136 cm³/mol. The Balaban J connectivity index is 1.46. The maximum Gasteiger partial charge on any atom is 0.263 e. The molecule has 0 fully saturated rings. The molecule has 0 radical (unpaired) electrons. The van der Waals surface area contributed by atoms with Gasteiger partial charge < -0.3 is 10.1 Å². The lowest BCUT2D eigenvalue weighted by molar-refractivity contribution is -0.118. The molecule has 8 nitrogen and oxygen atoms in total. The molecule has 5 rings (SSSR count). The normalized spacial score (nSPS) is 10.8. The number of rotatable bonds is 7. The van der Waals surface area contributed by atoms with Crippen LogP contribution in [0.5, 0.6) is 5.75 Å². The van der Waals surface area contributed by atoms with E-state index in [2.05, 4.69) is 20.4 Å². The van der Waals surface area contributed by atoms with E-state index in [1.165, 1.54) is 22.1 Å². The van der Waals surface area contributed by atoms with E-state index in [0.29, 0.717) is 28.0 Å². The molecule has 3 heterocycles. The Labute approximate surface area is 208 Å². The van der Waals surface area contributed by atoms with Crippen molar-refractivity contribution in [2.24, 2.45) is 0 Å². The zero-order valence-corrected chi connectivity index (χ0v) is 19.7. The molecule has 0 atom stereocenters. The molecule has 0 spiro atoms. The number of carbonyl (C=O) groups is 1. The summed E-state index contributed by atoms with van der Waals surface area (Å²) >= 11 is 7.40. The highest BCUT2D eigenvalue weighted by molar-refractivity contribution is 7.13. The molecule has 35 heavy (non-hydrogen) atoms. The lowest BCUT2D eigenvalue weighted by Crippen LogP contribution is -2.23. The molecule has 0 aliphatic heterocycles. The van der Waals surface area contributed by atoms with E-state index in [1.807, 2.05) is 47.8 Å².